The largest absolute Gasteiger partial charge is 0.461 e. The van der Waals surface area contributed by atoms with Crippen LogP contribution in [-0.2, 0) is 0 Å². The van der Waals surface area contributed by atoms with E-state index in [-0.39, 0.29) is 5.95 Å². The van der Waals surface area contributed by atoms with Crippen molar-refractivity contribution >= 4 is 5.95 Å². The predicted molar refractivity (Wildman–Crippen MR) is 51.4 cm³/mol. The number of aromatic nitrogens is 3. The zero-order chi connectivity index (χ0) is 10.1. The van der Waals surface area contributed by atoms with Gasteiger partial charge in [-0.25, -0.2) is 4.98 Å². The van der Waals surface area contributed by atoms with Crippen molar-refractivity contribution in [2.45, 2.75) is 13.8 Å². The molecule has 5 nitrogen and oxygen atoms in total. The molecule has 0 spiro atoms. The zero-order valence-corrected chi connectivity index (χ0v) is 7.98. The van der Waals surface area contributed by atoms with Gasteiger partial charge < -0.3 is 10.2 Å². The molecule has 0 atom stereocenters. The normalized spacial score (nSPS) is 10.4. The topological polar surface area (TPSA) is 77.8 Å². The lowest BCUT2D eigenvalue weighted by Crippen LogP contribution is -2.01. The monoisotopic (exact) mass is 190 g/mol. The van der Waals surface area contributed by atoms with Crippen LogP contribution in [0.25, 0.3) is 11.6 Å². The average molecular weight is 190 g/mol. The first-order valence-electron chi connectivity index (χ1n) is 4.19. The molecule has 2 rings (SSSR count). The van der Waals surface area contributed by atoms with Gasteiger partial charge in [0.05, 0.1) is 6.26 Å². The van der Waals surface area contributed by atoms with E-state index in [2.05, 4.69) is 15.0 Å². The van der Waals surface area contributed by atoms with E-state index in [0.29, 0.717) is 17.4 Å². The van der Waals surface area contributed by atoms with Crippen LogP contribution in [0.4, 0.5) is 5.95 Å². The van der Waals surface area contributed by atoms with Gasteiger partial charge in [0.1, 0.15) is 5.82 Å². The molecule has 2 N–H and O–H groups in total. The summed E-state index contributed by atoms with van der Waals surface area (Å²) in [6, 6.07) is 1.85. The Kier molecular flexibility index (Phi) is 1.92. The highest BCUT2D eigenvalue weighted by Gasteiger charge is 2.10. The molecule has 0 aromatic carbocycles. The van der Waals surface area contributed by atoms with Crippen LogP contribution in [0.3, 0.4) is 0 Å². The molecule has 14 heavy (non-hydrogen) atoms. The number of nitrogen functional groups attached to an aromatic ring is 1. The van der Waals surface area contributed by atoms with E-state index in [1.54, 1.807) is 13.2 Å². The SMILES string of the molecule is Cc1nc(N)nc(-c2occc2C)n1. The van der Waals surface area contributed by atoms with Gasteiger partial charge in [-0.05, 0) is 25.5 Å². The van der Waals surface area contributed by atoms with Crippen LogP contribution in [0.15, 0.2) is 16.7 Å². The minimum Gasteiger partial charge on any atom is -0.461 e. The summed E-state index contributed by atoms with van der Waals surface area (Å²) >= 11 is 0. The van der Waals surface area contributed by atoms with Crippen LogP contribution in [0.2, 0.25) is 0 Å². The van der Waals surface area contributed by atoms with Crippen LogP contribution in [-0.4, -0.2) is 15.0 Å². The highest BCUT2D eigenvalue weighted by atomic mass is 16.3. The van der Waals surface area contributed by atoms with Crippen molar-refractivity contribution in [1.82, 2.24) is 15.0 Å². The summed E-state index contributed by atoms with van der Waals surface area (Å²) in [6.45, 7) is 3.69. The number of nitrogens with two attached hydrogens (primary N) is 1. The fourth-order valence-electron chi connectivity index (χ4n) is 1.21. The Labute approximate surface area is 81.0 Å². The highest BCUT2D eigenvalue weighted by Crippen LogP contribution is 2.20. The summed E-state index contributed by atoms with van der Waals surface area (Å²) in [4.78, 5) is 12.0. The third-order valence-corrected chi connectivity index (χ3v) is 1.83. The van der Waals surface area contributed by atoms with Crippen molar-refractivity contribution in [3.8, 4) is 11.6 Å². The molecule has 0 amide bonds. The number of aryl methyl sites for hydroxylation is 2. The Morgan fingerprint density at radius 3 is 2.57 bits per heavy atom. The average Bonchev–Trinajstić information content (AvgIpc) is 2.49. The van der Waals surface area contributed by atoms with Gasteiger partial charge in [0.15, 0.2) is 5.76 Å². The first-order valence-corrected chi connectivity index (χ1v) is 4.19. The number of furan rings is 1. The molecular weight excluding hydrogens is 180 g/mol. The fourth-order valence-corrected chi connectivity index (χ4v) is 1.21. The van der Waals surface area contributed by atoms with Gasteiger partial charge in [-0.15, -0.1) is 0 Å². The summed E-state index contributed by atoms with van der Waals surface area (Å²) in [5.74, 6) is 1.92. The number of rotatable bonds is 1. The molecule has 2 aromatic rings. The summed E-state index contributed by atoms with van der Waals surface area (Å²) in [5.41, 5.74) is 6.49. The van der Waals surface area contributed by atoms with Crippen molar-refractivity contribution in [3.05, 3.63) is 23.7 Å². The van der Waals surface area contributed by atoms with E-state index >= 15 is 0 Å². The quantitative estimate of drug-likeness (QED) is 0.733. The van der Waals surface area contributed by atoms with Gasteiger partial charge >= 0.3 is 0 Å². The molecule has 0 fully saturated rings. The first kappa shape index (κ1) is 8.68. The molecule has 0 saturated carbocycles. The molecule has 0 aliphatic carbocycles. The molecule has 2 heterocycles. The number of hydrogen-bond acceptors (Lipinski definition) is 5. The van der Waals surface area contributed by atoms with Gasteiger partial charge in [0.25, 0.3) is 0 Å². The number of anilines is 1. The molecule has 0 unspecified atom stereocenters. The lowest BCUT2D eigenvalue weighted by Gasteiger charge is -1.99. The van der Waals surface area contributed by atoms with E-state index in [9.17, 15) is 0 Å². The second kappa shape index (κ2) is 3.10. The molecule has 0 bridgehead atoms. The molecular formula is C9H10N4O. The second-order valence-corrected chi connectivity index (χ2v) is 3.00. The summed E-state index contributed by atoms with van der Waals surface area (Å²) < 4.78 is 5.25. The Morgan fingerprint density at radius 1 is 1.21 bits per heavy atom. The number of hydrogen-bond donors (Lipinski definition) is 1. The van der Waals surface area contributed by atoms with Crippen LogP contribution in [0.1, 0.15) is 11.4 Å². The summed E-state index contributed by atoms with van der Waals surface area (Å²) in [7, 11) is 0. The Morgan fingerprint density at radius 2 is 2.00 bits per heavy atom. The minimum atomic E-state index is 0.211. The summed E-state index contributed by atoms with van der Waals surface area (Å²) in [6.07, 6.45) is 1.60. The molecule has 0 radical (unpaired) electrons. The minimum absolute atomic E-state index is 0.211. The van der Waals surface area contributed by atoms with E-state index in [1.165, 1.54) is 0 Å². The maximum atomic E-state index is 5.51. The highest BCUT2D eigenvalue weighted by molar-refractivity contribution is 5.52. The van der Waals surface area contributed by atoms with E-state index in [0.717, 1.165) is 5.56 Å². The third-order valence-electron chi connectivity index (χ3n) is 1.83. The van der Waals surface area contributed by atoms with Crippen molar-refractivity contribution < 1.29 is 4.42 Å². The lowest BCUT2D eigenvalue weighted by molar-refractivity contribution is 0.575. The number of nitrogens with zero attached hydrogens (tertiary/aromatic N) is 3. The molecule has 5 heteroatoms. The second-order valence-electron chi connectivity index (χ2n) is 3.00. The first-order chi connectivity index (χ1) is 6.66. The van der Waals surface area contributed by atoms with Crippen molar-refractivity contribution in [2.75, 3.05) is 5.73 Å². The van der Waals surface area contributed by atoms with Gasteiger partial charge in [-0.3, -0.25) is 0 Å². The smallest absolute Gasteiger partial charge is 0.223 e. The lowest BCUT2D eigenvalue weighted by atomic mass is 10.3. The van der Waals surface area contributed by atoms with Crippen LogP contribution in [0.5, 0.6) is 0 Å². The van der Waals surface area contributed by atoms with E-state index in [4.69, 9.17) is 10.2 Å². The maximum Gasteiger partial charge on any atom is 0.223 e. The van der Waals surface area contributed by atoms with Gasteiger partial charge in [-0.2, -0.15) is 9.97 Å². The van der Waals surface area contributed by atoms with Gasteiger partial charge in [-0.1, -0.05) is 0 Å². The molecule has 2 aromatic heterocycles. The molecule has 0 aliphatic rings. The van der Waals surface area contributed by atoms with E-state index < -0.39 is 0 Å². The van der Waals surface area contributed by atoms with Gasteiger partial charge in [0, 0.05) is 0 Å². The Balaban J connectivity index is 2.57. The summed E-state index contributed by atoms with van der Waals surface area (Å²) in [5, 5.41) is 0. The molecule has 0 aliphatic heterocycles. The van der Waals surface area contributed by atoms with Crippen LogP contribution in [0, 0.1) is 13.8 Å². The van der Waals surface area contributed by atoms with Crippen molar-refractivity contribution in [2.24, 2.45) is 0 Å². The Hall–Kier alpha value is -1.91. The maximum absolute atomic E-state index is 5.51. The van der Waals surface area contributed by atoms with Crippen LogP contribution >= 0.6 is 0 Å². The zero-order valence-electron chi connectivity index (χ0n) is 7.98. The molecule has 72 valence electrons. The van der Waals surface area contributed by atoms with Crippen molar-refractivity contribution in [1.29, 1.82) is 0 Å². The Bertz CT molecular complexity index is 443. The predicted octanol–water partition coefficient (Wildman–Crippen LogP) is 1.33. The standard InChI is InChI=1S/C9H10N4O/c1-5-3-4-14-7(5)8-11-6(2)12-9(10)13-8/h3-4H,1-2H3,(H2,10,11,12,13). The van der Waals surface area contributed by atoms with Gasteiger partial charge in [0.2, 0.25) is 11.8 Å². The van der Waals surface area contributed by atoms with E-state index in [1.807, 2.05) is 13.0 Å². The fraction of sp³-hybridized carbons (Fsp3) is 0.222. The molecule has 0 saturated heterocycles. The third kappa shape index (κ3) is 1.44. The van der Waals surface area contributed by atoms with Crippen LogP contribution < -0.4 is 5.73 Å². The van der Waals surface area contributed by atoms with Crippen molar-refractivity contribution in [3.63, 3.8) is 0 Å².